The molecular formula is C14H19N3O4. The topological polar surface area (TPSA) is 93.7 Å². The van der Waals surface area contributed by atoms with E-state index < -0.39 is 5.97 Å². The number of carboxylic acids is 1. The quantitative estimate of drug-likeness (QED) is 0.836. The van der Waals surface area contributed by atoms with Crippen LogP contribution in [0.5, 0.6) is 0 Å². The molecule has 0 unspecified atom stereocenters. The molecule has 2 heterocycles. The summed E-state index contributed by atoms with van der Waals surface area (Å²) >= 11 is 0. The number of carbonyl (C=O) groups excluding carboxylic acids is 2. The van der Waals surface area contributed by atoms with Gasteiger partial charge in [0.25, 0.3) is 5.91 Å². The van der Waals surface area contributed by atoms with Gasteiger partial charge in [-0.25, -0.2) is 4.79 Å². The van der Waals surface area contributed by atoms with E-state index in [1.807, 2.05) is 0 Å². The van der Waals surface area contributed by atoms with Crippen LogP contribution < -0.4 is 0 Å². The Kier molecular flexibility index (Phi) is 4.02. The second-order valence-corrected chi connectivity index (χ2v) is 5.23. The predicted molar refractivity (Wildman–Crippen MR) is 75.4 cm³/mol. The third kappa shape index (κ3) is 2.76. The number of carbonyl (C=O) groups is 3. The van der Waals surface area contributed by atoms with E-state index in [0.29, 0.717) is 43.0 Å². The second-order valence-electron chi connectivity index (χ2n) is 5.23. The van der Waals surface area contributed by atoms with Gasteiger partial charge in [0.1, 0.15) is 5.69 Å². The van der Waals surface area contributed by atoms with Crippen LogP contribution in [0.15, 0.2) is 0 Å². The fraction of sp³-hybridized carbons (Fsp3) is 0.500. The number of nitrogens with zero attached hydrogens (tertiary/aromatic N) is 2. The average Bonchev–Trinajstić information content (AvgIpc) is 2.73. The molecule has 0 atom stereocenters. The van der Waals surface area contributed by atoms with Crippen LogP contribution in [0.3, 0.4) is 0 Å². The van der Waals surface area contributed by atoms with Crippen molar-refractivity contribution in [3.8, 4) is 0 Å². The Balaban J connectivity index is 2.18. The van der Waals surface area contributed by atoms with Gasteiger partial charge < -0.3 is 19.9 Å². The summed E-state index contributed by atoms with van der Waals surface area (Å²) in [6.45, 7) is 6.78. The lowest BCUT2D eigenvalue weighted by atomic mass is 10.1. The van der Waals surface area contributed by atoms with Crippen molar-refractivity contribution in [3.05, 3.63) is 22.5 Å². The van der Waals surface area contributed by atoms with Gasteiger partial charge in [0.15, 0.2) is 0 Å². The molecule has 114 valence electrons. The number of aromatic nitrogens is 1. The number of piperazine rings is 1. The molecule has 2 amide bonds. The third-order valence-corrected chi connectivity index (χ3v) is 3.88. The lowest BCUT2D eigenvalue weighted by Gasteiger charge is -2.34. The maximum Gasteiger partial charge on any atom is 0.352 e. The van der Waals surface area contributed by atoms with Crippen molar-refractivity contribution in [3.63, 3.8) is 0 Å². The van der Waals surface area contributed by atoms with Crippen molar-refractivity contribution < 1.29 is 19.5 Å². The molecule has 1 fully saturated rings. The van der Waals surface area contributed by atoms with E-state index in [4.69, 9.17) is 5.11 Å². The zero-order valence-corrected chi connectivity index (χ0v) is 12.4. The van der Waals surface area contributed by atoms with Gasteiger partial charge in [-0.1, -0.05) is 0 Å². The van der Waals surface area contributed by atoms with Gasteiger partial charge in [0.05, 0.1) is 5.56 Å². The van der Waals surface area contributed by atoms with E-state index in [1.165, 1.54) is 6.92 Å². The summed E-state index contributed by atoms with van der Waals surface area (Å²) in [5.74, 6) is -1.25. The summed E-state index contributed by atoms with van der Waals surface area (Å²) in [7, 11) is 0. The molecule has 2 rings (SSSR count). The van der Waals surface area contributed by atoms with Gasteiger partial charge in [0.2, 0.25) is 5.91 Å². The Bertz CT molecular complexity index is 598. The number of nitrogens with one attached hydrogen (secondary N) is 1. The number of H-pyrrole nitrogens is 1. The molecule has 1 aliphatic heterocycles. The summed E-state index contributed by atoms with van der Waals surface area (Å²) < 4.78 is 0. The predicted octanol–water partition coefficient (Wildman–Crippen LogP) is 0.634. The molecule has 7 nitrogen and oxygen atoms in total. The van der Waals surface area contributed by atoms with Crippen LogP contribution in [-0.2, 0) is 4.79 Å². The average molecular weight is 293 g/mol. The van der Waals surface area contributed by atoms with E-state index >= 15 is 0 Å². The van der Waals surface area contributed by atoms with Crippen molar-refractivity contribution in [1.29, 1.82) is 0 Å². The highest BCUT2D eigenvalue weighted by atomic mass is 16.4. The second kappa shape index (κ2) is 5.59. The van der Waals surface area contributed by atoms with Crippen LogP contribution in [0.1, 0.15) is 39.0 Å². The van der Waals surface area contributed by atoms with Gasteiger partial charge >= 0.3 is 5.97 Å². The molecule has 0 aliphatic carbocycles. The number of amides is 2. The van der Waals surface area contributed by atoms with E-state index in [0.717, 1.165) is 0 Å². The van der Waals surface area contributed by atoms with Crippen LogP contribution in [0, 0.1) is 13.8 Å². The lowest BCUT2D eigenvalue weighted by Crippen LogP contribution is -2.50. The number of aromatic amines is 1. The van der Waals surface area contributed by atoms with Gasteiger partial charge in [0, 0.05) is 38.8 Å². The summed E-state index contributed by atoms with van der Waals surface area (Å²) in [4.78, 5) is 41.1. The number of carboxylic acid groups (broad SMARTS) is 1. The first kappa shape index (κ1) is 15.1. The molecule has 0 radical (unpaired) electrons. The largest absolute Gasteiger partial charge is 0.477 e. The standard InChI is InChI=1S/C14H19N3O4/c1-8-11(9(2)15-12(8)14(20)21)13(19)17-6-4-16(5-7-17)10(3)18/h15H,4-7H2,1-3H3,(H,20,21). The monoisotopic (exact) mass is 293 g/mol. The van der Waals surface area contributed by atoms with Gasteiger partial charge in [-0.2, -0.15) is 0 Å². The zero-order chi connectivity index (χ0) is 15.7. The molecule has 2 N–H and O–H groups in total. The normalized spacial score (nSPS) is 15.2. The first-order valence-corrected chi connectivity index (χ1v) is 6.80. The zero-order valence-electron chi connectivity index (χ0n) is 12.4. The minimum Gasteiger partial charge on any atom is -0.477 e. The van der Waals surface area contributed by atoms with E-state index in [-0.39, 0.29) is 17.5 Å². The van der Waals surface area contributed by atoms with Crippen molar-refractivity contribution in [2.24, 2.45) is 0 Å². The first-order valence-electron chi connectivity index (χ1n) is 6.80. The molecule has 0 aromatic carbocycles. The Labute approximate surface area is 122 Å². The first-order chi connectivity index (χ1) is 9.82. The smallest absolute Gasteiger partial charge is 0.352 e. The summed E-state index contributed by atoms with van der Waals surface area (Å²) in [5.41, 5.74) is 1.49. The van der Waals surface area contributed by atoms with Crippen LogP contribution in [0.25, 0.3) is 0 Å². The van der Waals surface area contributed by atoms with Crippen LogP contribution in [0.2, 0.25) is 0 Å². The molecule has 0 bridgehead atoms. The minimum absolute atomic E-state index is 0.00395. The molecule has 1 aromatic heterocycles. The van der Waals surface area contributed by atoms with E-state index in [2.05, 4.69) is 4.98 Å². The van der Waals surface area contributed by atoms with Crippen LogP contribution >= 0.6 is 0 Å². The Morgan fingerprint density at radius 3 is 2.00 bits per heavy atom. The fourth-order valence-corrected chi connectivity index (χ4v) is 2.67. The maximum absolute atomic E-state index is 12.6. The third-order valence-electron chi connectivity index (χ3n) is 3.88. The van der Waals surface area contributed by atoms with Crippen molar-refractivity contribution in [2.45, 2.75) is 20.8 Å². The minimum atomic E-state index is -1.07. The van der Waals surface area contributed by atoms with E-state index in [1.54, 1.807) is 23.6 Å². The van der Waals surface area contributed by atoms with Crippen LogP contribution in [0.4, 0.5) is 0 Å². The number of rotatable bonds is 2. The van der Waals surface area contributed by atoms with Gasteiger partial charge in [-0.15, -0.1) is 0 Å². The highest BCUT2D eigenvalue weighted by Crippen LogP contribution is 2.20. The lowest BCUT2D eigenvalue weighted by molar-refractivity contribution is -0.130. The number of hydrogen-bond donors (Lipinski definition) is 2. The highest BCUT2D eigenvalue weighted by molar-refractivity contribution is 6.00. The molecule has 0 spiro atoms. The Morgan fingerprint density at radius 1 is 1.05 bits per heavy atom. The molecule has 1 aromatic rings. The van der Waals surface area contributed by atoms with Gasteiger partial charge in [-0.05, 0) is 19.4 Å². The van der Waals surface area contributed by atoms with E-state index in [9.17, 15) is 14.4 Å². The molecule has 7 heteroatoms. The number of hydrogen-bond acceptors (Lipinski definition) is 3. The van der Waals surface area contributed by atoms with Crippen molar-refractivity contribution >= 4 is 17.8 Å². The maximum atomic E-state index is 12.6. The number of aryl methyl sites for hydroxylation is 1. The molecule has 1 aliphatic rings. The summed E-state index contributed by atoms with van der Waals surface area (Å²) in [6, 6.07) is 0. The number of aromatic carboxylic acids is 1. The van der Waals surface area contributed by atoms with Crippen molar-refractivity contribution in [1.82, 2.24) is 14.8 Å². The summed E-state index contributed by atoms with van der Waals surface area (Å²) in [5, 5.41) is 9.09. The summed E-state index contributed by atoms with van der Waals surface area (Å²) in [6.07, 6.45) is 0. The highest BCUT2D eigenvalue weighted by Gasteiger charge is 2.28. The van der Waals surface area contributed by atoms with Gasteiger partial charge in [-0.3, -0.25) is 9.59 Å². The molecular weight excluding hydrogens is 274 g/mol. The Hall–Kier alpha value is -2.31. The molecule has 21 heavy (non-hydrogen) atoms. The SMILES string of the molecule is CC(=O)N1CCN(C(=O)c2c(C)[nH]c(C(=O)O)c2C)CC1. The fourth-order valence-electron chi connectivity index (χ4n) is 2.67. The Morgan fingerprint density at radius 2 is 1.57 bits per heavy atom. The molecule has 1 saturated heterocycles. The molecule has 0 saturated carbocycles. The van der Waals surface area contributed by atoms with Crippen LogP contribution in [-0.4, -0.2) is 63.9 Å². The van der Waals surface area contributed by atoms with Crippen molar-refractivity contribution in [2.75, 3.05) is 26.2 Å².